The molecule has 0 amide bonds. The molecule has 0 aliphatic rings. The number of carbonyl (C=O) groups is 2. The van der Waals surface area contributed by atoms with Crippen LogP contribution in [0.1, 0.15) is 159 Å². The molecule has 50 heavy (non-hydrogen) atoms. The number of carbonyl (C=O) groups excluding carboxylic acids is 2. The van der Waals surface area contributed by atoms with Crippen LogP contribution in [0, 0.1) is 6.92 Å². The van der Waals surface area contributed by atoms with Crippen molar-refractivity contribution in [3.05, 3.63) is 23.3 Å². The molecule has 9 nitrogen and oxygen atoms in total. The highest BCUT2D eigenvalue weighted by Crippen LogP contribution is 2.33. The maximum Gasteiger partial charge on any atom is 0.338 e. The van der Waals surface area contributed by atoms with Crippen molar-refractivity contribution in [3.63, 3.8) is 0 Å². The summed E-state index contributed by atoms with van der Waals surface area (Å²) in [6.45, 7) is 13.1. The number of nitrogens with zero attached hydrogens (tertiary/aromatic N) is 2. The lowest BCUT2D eigenvalue weighted by Gasteiger charge is -2.27. The Labute approximate surface area is 306 Å². The number of methoxy groups -OCH3 is 1. The van der Waals surface area contributed by atoms with E-state index in [1.807, 2.05) is 32.8 Å². The first-order chi connectivity index (χ1) is 24.1. The first-order valence-corrected chi connectivity index (χ1v) is 19.9. The summed E-state index contributed by atoms with van der Waals surface area (Å²) in [6.07, 6.45) is 17.3. The van der Waals surface area contributed by atoms with E-state index in [4.69, 9.17) is 14.2 Å². The van der Waals surface area contributed by atoms with Gasteiger partial charge in [-0.15, -0.1) is 0 Å². The van der Waals surface area contributed by atoms with Gasteiger partial charge in [0.1, 0.15) is 0 Å². The summed E-state index contributed by atoms with van der Waals surface area (Å²) in [4.78, 5) is 29.6. The van der Waals surface area contributed by atoms with E-state index in [-0.39, 0.29) is 12.4 Å². The monoisotopic (exact) mass is 709 g/mol. The molecule has 2 N–H and O–H groups in total. The van der Waals surface area contributed by atoms with Gasteiger partial charge in [-0.1, -0.05) is 105 Å². The Bertz CT molecular complexity index is 964. The molecule has 2 atom stereocenters. The van der Waals surface area contributed by atoms with Gasteiger partial charge in [-0.25, -0.2) is 4.79 Å². The predicted octanol–water partition coefficient (Wildman–Crippen LogP) is 8.74. The molecule has 292 valence electrons. The molecule has 1 aromatic rings. The molecule has 0 bridgehead atoms. The number of esters is 2. The topological polar surface area (TPSA) is 109 Å². The highest BCUT2D eigenvalue weighted by Gasteiger charge is 2.19. The van der Waals surface area contributed by atoms with Crippen LogP contribution < -0.4 is 9.47 Å². The van der Waals surface area contributed by atoms with Gasteiger partial charge < -0.3 is 29.3 Å². The van der Waals surface area contributed by atoms with Crippen LogP contribution in [0.3, 0.4) is 0 Å². The van der Waals surface area contributed by atoms with Crippen molar-refractivity contribution in [1.82, 2.24) is 9.80 Å². The van der Waals surface area contributed by atoms with Crippen molar-refractivity contribution >= 4 is 11.9 Å². The molecule has 2 unspecified atom stereocenters. The summed E-state index contributed by atoms with van der Waals surface area (Å²) in [6, 6.07) is 3.21. The average molecular weight is 709 g/mol. The second kappa shape index (κ2) is 31.5. The number of ether oxygens (including phenoxy) is 3. The second-order valence-corrected chi connectivity index (χ2v) is 13.7. The summed E-state index contributed by atoms with van der Waals surface area (Å²) in [7, 11) is 5.42. The fourth-order valence-corrected chi connectivity index (χ4v) is 5.90. The summed E-state index contributed by atoms with van der Waals surface area (Å²) in [5.41, 5.74) is 0.972. The summed E-state index contributed by atoms with van der Waals surface area (Å²) in [5.74, 6) is -0.183. The molecule has 0 aliphatic heterocycles. The molecular formula is C41H76N2O7. The van der Waals surface area contributed by atoms with Crippen molar-refractivity contribution in [2.24, 2.45) is 0 Å². The molecule has 0 aliphatic carbocycles. The van der Waals surface area contributed by atoms with E-state index in [0.29, 0.717) is 55.3 Å². The van der Waals surface area contributed by atoms with Gasteiger partial charge in [0, 0.05) is 26.1 Å². The fraction of sp³-hybridized carbons (Fsp3) is 0.805. The Kier molecular flexibility index (Phi) is 30.1. The molecule has 0 aromatic heterocycles. The molecular weight excluding hydrogens is 632 g/mol. The SMILES string of the molecule is CC.CCCCCCCCC(O)CN(CCCCC(=O)Oc1c(C)cc(C(=O)OCCCN(C)C)cc1OC)CC(O)CCCCCCCC. The Morgan fingerprint density at radius 2 is 1.28 bits per heavy atom. The number of aliphatic hydroxyl groups is 2. The summed E-state index contributed by atoms with van der Waals surface area (Å²) < 4.78 is 16.6. The molecule has 0 saturated heterocycles. The van der Waals surface area contributed by atoms with Gasteiger partial charge in [-0.2, -0.15) is 0 Å². The van der Waals surface area contributed by atoms with E-state index in [1.54, 1.807) is 19.1 Å². The van der Waals surface area contributed by atoms with Crippen LogP contribution >= 0.6 is 0 Å². The smallest absolute Gasteiger partial charge is 0.338 e. The Hall–Kier alpha value is -2.20. The molecule has 1 rings (SSSR count). The predicted molar refractivity (Wildman–Crippen MR) is 206 cm³/mol. The van der Waals surface area contributed by atoms with E-state index < -0.39 is 18.2 Å². The first-order valence-electron chi connectivity index (χ1n) is 19.9. The van der Waals surface area contributed by atoms with Gasteiger partial charge in [-0.05, 0) is 77.4 Å². The normalized spacial score (nSPS) is 12.4. The third kappa shape index (κ3) is 24.1. The third-order valence-corrected chi connectivity index (χ3v) is 8.72. The standard InChI is InChI=1S/C39H70N2O7.C2H6/c1-7-9-11-13-15-17-22-34(42)30-41(31-35(43)23-18-16-14-12-10-8-2)26-20-19-24-37(44)48-38-32(3)28-33(29-36(38)46-6)39(45)47-27-21-25-40(4)5;1-2/h28-29,34-35,42-43H,7-27,30-31H2,1-6H3;1-2H3. The zero-order valence-corrected chi connectivity index (χ0v) is 33.4. The summed E-state index contributed by atoms with van der Waals surface area (Å²) >= 11 is 0. The van der Waals surface area contributed by atoms with Crippen LogP contribution in [0.25, 0.3) is 0 Å². The van der Waals surface area contributed by atoms with E-state index in [2.05, 4.69) is 18.7 Å². The number of hydrogen-bond acceptors (Lipinski definition) is 9. The van der Waals surface area contributed by atoms with Crippen LogP contribution in [0.4, 0.5) is 0 Å². The van der Waals surface area contributed by atoms with Gasteiger partial charge in [0.2, 0.25) is 0 Å². The van der Waals surface area contributed by atoms with Gasteiger partial charge >= 0.3 is 11.9 Å². The van der Waals surface area contributed by atoms with E-state index in [0.717, 1.165) is 57.9 Å². The van der Waals surface area contributed by atoms with E-state index >= 15 is 0 Å². The molecule has 1 aromatic carbocycles. The van der Waals surface area contributed by atoms with Gasteiger partial charge in [0.25, 0.3) is 0 Å². The number of aryl methyl sites for hydroxylation is 1. The van der Waals surface area contributed by atoms with Crippen LogP contribution in [-0.4, -0.2) is 98.2 Å². The van der Waals surface area contributed by atoms with Crippen LogP contribution in [-0.2, 0) is 9.53 Å². The summed E-state index contributed by atoms with van der Waals surface area (Å²) in [5, 5.41) is 21.6. The number of aliphatic hydroxyl groups excluding tert-OH is 2. The van der Waals surface area contributed by atoms with Crippen LogP contribution in [0.15, 0.2) is 12.1 Å². The highest BCUT2D eigenvalue weighted by molar-refractivity contribution is 5.91. The van der Waals surface area contributed by atoms with Crippen molar-refractivity contribution in [2.45, 2.75) is 162 Å². The second-order valence-electron chi connectivity index (χ2n) is 13.7. The zero-order chi connectivity index (χ0) is 37.6. The van der Waals surface area contributed by atoms with Crippen molar-refractivity contribution in [1.29, 1.82) is 0 Å². The quantitative estimate of drug-likeness (QED) is 0.0461. The zero-order valence-electron chi connectivity index (χ0n) is 33.4. The number of benzene rings is 1. The van der Waals surface area contributed by atoms with Crippen molar-refractivity contribution in [3.8, 4) is 11.5 Å². The van der Waals surface area contributed by atoms with Crippen LogP contribution in [0.2, 0.25) is 0 Å². The lowest BCUT2D eigenvalue weighted by Crippen LogP contribution is -2.38. The van der Waals surface area contributed by atoms with Crippen LogP contribution in [0.5, 0.6) is 11.5 Å². The highest BCUT2D eigenvalue weighted by atomic mass is 16.6. The van der Waals surface area contributed by atoms with Gasteiger partial charge in [-0.3, -0.25) is 9.69 Å². The number of unbranched alkanes of at least 4 members (excludes halogenated alkanes) is 11. The van der Waals surface area contributed by atoms with Crippen molar-refractivity contribution < 1.29 is 34.0 Å². The van der Waals surface area contributed by atoms with Gasteiger partial charge in [0.05, 0.1) is 31.5 Å². The van der Waals surface area contributed by atoms with Crippen molar-refractivity contribution in [2.75, 3.05) is 54.0 Å². The molecule has 0 saturated carbocycles. The minimum atomic E-state index is -0.438. The average Bonchev–Trinajstić information content (AvgIpc) is 3.09. The number of hydrogen-bond donors (Lipinski definition) is 2. The molecule has 0 radical (unpaired) electrons. The minimum Gasteiger partial charge on any atom is -0.493 e. The Morgan fingerprint density at radius 3 is 1.80 bits per heavy atom. The minimum absolute atomic E-state index is 0.229. The largest absolute Gasteiger partial charge is 0.493 e. The van der Waals surface area contributed by atoms with E-state index in [9.17, 15) is 19.8 Å². The molecule has 0 fully saturated rings. The third-order valence-electron chi connectivity index (χ3n) is 8.72. The maximum absolute atomic E-state index is 12.8. The lowest BCUT2D eigenvalue weighted by molar-refractivity contribution is -0.134. The molecule has 0 heterocycles. The molecule has 9 heteroatoms. The van der Waals surface area contributed by atoms with Gasteiger partial charge in [0.15, 0.2) is 11.5 Å². The fourth-order valence-electron chi connectivity index (χ4n) is 5.90. The lowest BCUT2D eigenvalue weighted by atomic mass is 10.1. The molecule has 0 spiro atoms. The first kappa shape index (κ1) is 47.8. The Morgan fingerprint density at radius 1 is 0.740 bits per heavy atom. The number of rotatable bonds is 30. The Balaban J connectivity index is 0.0000118. The van der Waals surface area contributed by atoms with E-state index in [1.165, 1.54) is 58.5 Å². The maximum atomic E-state index is 12.8.